The molecule has 0 atom stereocenters. The standard InChI is InChI=1S/C11H7ClO4/c12-11-6(3-13)4-14-8-2-10-9(1-7(8)11)15-5-16-10/h1-3H,4-5H2. The van der Waals surface area contributed by atoms with E-state index in [1.165, 1.54) is 0 Å². The number of hydrogen-bond donors (Lipinski definition) is 0. The minimum absolute atomic E-state index is 0.189. The zero-order valence-corrected chi connectivity index (χ0v) is 8.91. The van der Waals surface area contributed by atoms with Gasteiger partial charge >= 0.3 is 0 Å². The van der Waals surface area contributed by atoms with Crippen LogP contribution < -0.4 is 14.2 Å². The first-order valence-electron chi connectivity index (χ1n) is 4.70. The topological polar surface area (TPSA) is 44.8 Å². The molecule has 0 saturated heterocycles. The second kappa shape index (κ2) is 3.42. The molecule has 1 aromatic rings. The maximum atomic E-state index is 10.7. The van der Waals surface area contributed by atoms with Crippen LogP contribution in [-0.4, -0.2) is 19.7 Å². The van der Waals surface area contributed by atoms with Gasteiger partial charge in [0.1, 0.15) is 12.4 Å². The van der Waals surface area contributed by atoms with Crippen LogP contribution in [0.1, 0.15) is 5.56 Å². The molecule has 5 heteroatoms. The molecule has 16 heavy (non-hydrogen) atoms. The number of benzene rings is 1. The Kier molecular flexibility index (Phi) is 2.04. The first kappa shape index (κ1) is 9.54. The van der Waals surface area contributed by atoms with Crippen LogP contribution in [0.25, 0.3) is 5.03 Å². The van der Waals surface area contributed by atoms with E-state index in [1.807, 2.05) is 0 Å². The number of aldehydes is 1. The first-order chi connectivity index (χ1) is 7.79. The van der Waals surface area contributed by atoms with Crippen molar-refractivity contribution in [2.24, 2.45) is 0 Å². The molecule has 82 valence electrons. The minimum Gasteiger partial charge on any atom is -0.488 e. The monoisotopic (exact) mass is 238 g/mol. The second-order valence-corrected chi connectivity index (χ2v) is 3.83. The Morgan fingerprint density at radius 1 is 1.12 bits per heavy atom. The van der Waals surface area contributed by atoms with E-state index in [2.05, 4.69) is 0 Å². The van der Waals surface area contributed by atoms with Crippen LogP contribution >= 0.6 is 11.6 Å². The molecule has 0 radical (unpaired) electrons. The highest BCUT2D eigenvalue weighted by atomic mass is 35.5. The number of rotatable bonds is 1. The number of ether oxygens (including phenoxy) is 3. The van der Waals surface area contributed by atoms with Gasteiger partial charge in [-0.15, -0.1) is 0 Å². The van der Waals surface area contributed by atoms with Crippen LogP contribution in [0, 0.1) is 0 Å². The molecule has 3 rings (SSSR count). The van der Waals surface area contributed by atoms with Crippen LogP contribution in [0.2, 0.25) is 0 Å². The molecule has 2 aliphatic rings. The summed E-state index contributed by atoms with van der Waals surface area (Å²) in [6.07, 6.45) is 0.704. The van der Waals surface area contributed by atoms with Crippen molar-refractivity contribution in [2.75, 3.05) is 13.4 Å². The van der Waals surface area contributed by atoms with Crippen molar-refractivity contribution < 1.29 is 19.0 Å². The van der Waals surface area contributed by atoms with Crippen molar-refractivity contribution >= 4 is 22.9 Å². The molecule has 0 spiro atoms. The molecular weight excluding hydrogens is 232 g/mol. The highest BCUT2D eigenvalue weighted by Gasteiger charge is 2.24. The largest absolute Gasteiger partial charge is 0.488 e. The van der Waals surface area contributed by atoms with Gasteiger partial charge in [-0.1, -0.05) is 11.6 Å². The summed E-state index contributed by atoms with van der Waals surface area (Å²) < 4.78 is 15.9. The van der Waals surface area contributed by atoms with Gasteiger partial charge in [-0.05, 0) is 6.07 Å². The van der Waals surface area contributed by atoms with Crippen molar-refractivity contribution in [3.63, 3.8) is 0 Å². The van der Waals surface area contributed by atoms with Gasteiger partial charge in [0.2, 0.25) is 6.79 Å². The molecule has 0 aliphatic carbocycles. The molecule has 0 amide bonds. The Morgan fingerprint density at radius 2 is 1.88 bits per heavy atom. The number of hydrogen-bond acceptors (Lipinski definition) is 4. The summed E-state index contributed by atoms with van der Waals surface area (Å²) in [4.78, 5) is 10.7. The van der Waals surface area contributed by atoms with Crippen molar-refractivity contribution in [1.82, 2.24) is 0 Å². The summed E-state index contributed by atoms with van der Waals surface area (Å²) in [5.74, 6) is 1.87. The molecule has 0 saturated carbocycles. The van der Waals surface area contributed by atoms with Crippen molar-refractivity contribution in [3.8, 4) is 17.2 Å². The number of carbonyl (C=O) groups excluding carboxylic acids is 1. The summed E-state index contributed by atoms with van der Waals surface area (Å²) >= 11 is 6.09. The second-order valence-electron chi connectivity index (χ2n) is 3.45. The lowest BCUT2D eigenvalue weighted by molar-refractivity contribution is -0.105. The van der Waals surface area contributed by atoms with Crippen LogP contribution in [0.3, 0.4) is 0 Å². The zero-order chi connectivity index (χ0) is 11.1. The van der Waals surface area contributed by atoms with E-state index in [1.54, 1.807) is 12.1 Å². The first-order valence-corrected chi connectivity index (χ1v) is 5.08. The van der Waals surface area contributed by atoms with Gasteiger partial charge in [0.15, 0.2) is 17.8 Å². The van der Waals surface area contributed by atoms with Gasteiger partial charge in [-0.2, -0.15) is 0 Å². The minimum atomic E-state index is 0.189. The number of carbonyl (C=O) groups is 1. The number of halogens is 1. The average molecular weight is 239 g/mol. The summed E-state index contributed by atoms with van der Waals surface area (Å²) in [6.45, 7) is 0.384. The maximum absolute atomic E-state index is 10.7. The molecule has 2 aliphatic heterocycles. The van der Waals surface area contributed by atoms with Gasteiger partial charge in [-0.25, -0.2) is 0 Å². The highest BCUT2D eigenvalue weighted by molar-refractivity contribution is 6.51. The van der Waals surface area contributed by atoms with Gasteiger partial charge in [0.05, 0.1) is 5.03 Å². The van der Waals surface area contributed by atoms with E-state index in [9.17, 15) is 4.79 Å². The Hall–Kier alpha value is -1.68. The Morgan fingerprint density at radius 3 is 2.62 bits per heavy atom. The lowest BCUT2D eigenvalue weighted by atomic mass is 10.1. The summed E-state index contributed by atoms with van der Waals surface area (Å²) in [5, 5.41) is 0.412. The molecule has 0 bridgehead atoms. The summed E-state index contributed by atoms with van der Waals surface area (Å²) in [6, 6.07) is 3.45. The fourth-order valence-electron chi connectivity index (χ4n) is 1.69. The van der Waals surface area contributed by atoms with E-state index < -0.39 is 0 Å². The Balaban J connectivity index is 2.18. The molecule has 0 unspecified atom stereocenters. The molecule has 0 N–H and O–H groups in total. The van der Waals surface area contributed by atoms with Crippen LogP contribution in [0.5, 0.6) is 17.2 Å². The smallest absolute Gasteiger partial charge is 0.231 e. The predicted octanol–water partition coefficient (Wildman–Crippen LogP) is 1.96. The summed E-state index contributed by atoms with van der Waals surface area (Å²) in [7, 11) is 0. The number of fused-ring (bicyclic) bond motifs is 2. The fraction of sp³-hybridized carbons (Fsp3) is 0.182. The normalized spacial score (nSPS) is 16.8. The highest BCUT2D eigenvalue weighted by Crippen LogP contribution is 2.44. The van der Waals surface area contributed by atoms with Gasteiger partial charge in [-0.3, -0.25) is 4.79 Å². The quantitative estimate of drug-likeness (QED) is 0.702. The van der Waals surface area contributed by atoms with E-state index in [4.69, 9.17) is 25.8 Å². The van der Waals surface area contributed by atoms with Crippen molar-refractivity contribution in [2.45, 2.75) is 0 Å². The molecule has 4 nitrogen and oxygen atoms in total. The van der Waals surface area contributed by atoms with Crippen molar-refractivity contribution in [1.29, 1.82) is 0 Å². The molecule has 1 aromatic carbocycles. The molecular formula is C11H7ClO4. The SMILES string of the molecule is O=CC1=C(Cl)c2cc3c(cc2OC1)OCO3. The van der Waals surface area contributed by atoms with Gasteiger partial charge in [0.25, 0.3) is 0 Å². The lowest BCUT2D eigenvalue weighted by Gasteiger charge is -2.18. The summed E-state index contributed by atoms with van der Waals surface area (Å²) in [5.41, 5.74) is 1.10. The van der Waals surface area contributed by atoms with E-state index in [0.717, 1.165) is 0 Å². The Labute approximate surface area is 96.4 Å². The Bertz CT molecular complexity index is 507. The fourth-order valence-corrected chi connectivity index (χ4v) is 1.94. The van der Waals surface area contributed by atoms with E-state index in [0.29, 0.717) is 39.7 Å². The molecule has 2 heterocycles. The average Bonchev–Trinajstić information content (AvgIpc) is 2.74. The van der Waals surface area contributed by atoms with Gasteiger partial charge < -0.3 is 14.2 Å². The van der Waals surface area contributed by atoms with E-state index >= 15 is 0 Å². The van der Waals surface area contributed by atoms with Crippen molar-refractivity contribution in [3.05, 3.63) is 23.3 Å². The third-order valence-corrected chi connectivity index (χ3v) is 2.96. The predicted molar refractivity (Wildman–Crippen MR) is 56.9 cm³/mol. The molecule has 0 aromatic heterocycles. The third-order valence-electron chi connectivity index (χ3n) is 2.52. The maximum Gasteiger partial charge on any atom is 0.231 e. The zero-order valence-electron chi connectivity index (χ0n) is 8.16. The molecule has 0 fully saturated rings. The van der Waals surface area contributed by atoms with Crippen LogP contribution in [-0.2, 0) is 4.79 Å². The van der Waals surface area contributed by atoms with E-state index in [-0.39, 0.29) is 13.4 Å². The third kappa shape index (κ3) is 1.27. The lowest BCUT2D eigenvalue weighted by Crippen LogP contribution is -2.10. The van der Waals surface area contributed by atoms with Crippen LogP contribution in [0.4, 0.5) is 0 Å². The van der Waals surface area contributed by atoms with Gasteiger partial charge in [0, 0.05) is 17.2 Å². The van der Waals surface area contributed by atoms with Crippen LogP contribution in [0.15, 0.2) is 17.7 Å².